The third-order valence-corrected chi connectivity index (χ3v) is 2.80. The third-order valence-electron chi connectivity index (χ3n) is 2.80. The van der Waals surface area contributed by atoms with Crippen LogP contribution in [0.1, 0.15) is 25.7 Å². The van der Waals surface area contributed by atoms with E-state index in [-0.39, 0.29) is 0 Å². The lowest BCUT2D eigenvalue weighted by Crippen LogP contribution is -2.38. The molecule has 4 heteroatoms. The Labute approximate surface area is 88.6 Å². The van der Waals surface area contributed by atoms with Crippen LogP contribution in [0.2, 0.25) is 0 Å². The molecule has 0 aromatic heterocycles. The number of allylic oxidation sites excluding steroid dienone is 3. The number of carbonyl (C=O) groups excluding carboxylic acids is 2. The normalized spacial score (nSPS) is 20.3. The third kappa shape index (κ3) is 1.79. The highest BCUT2D eigenvalue weighted by atomic mass is 16.2. The minimum Gasteiger partial charge on any atom is -0.298 e. The molecule has 1 N–H and O–H groups in total. The van der Waals surface area contributed by atoms with Crippen LogP contribution < -0.4 is 5.43 Å². The number of carbonyl (C=O) groups is 2. The molecule has 0 atom stereocenters. The number of hydrazine groups is 1. The van der Waals surface area contributed by atoms with Crippen LogP contribution >= 0.6 is 0 Å². The number of ketones is 1. The number of hydrogen-bond donors (Lipinski definition) is 1. The van der Waals surface area contributed by atoms with E-state index in [1.54, 1.807) is 5.01 Å². The highest BCUT2D eigenvalue weighted by Crippen LogP contribution is 2.32. The molecule has 0 bridgehead atoms. The van der Waals surface area contributed by atoms with Gasteiger partial charge in [0.2, 0.25) is 5.78 Å². The van der Waals surface area contributed by atoms with Gasteiger partial charge in [0.25, 0.3) is 0 Å². The average molecular weight is 206 g/mol. The number of Topliss-reactive ketones (excluding diaryl/α,β-unsaturated/α-hetero) is 1. The maximum Gasteiger partial charge on any atom is 0.243 e. The molecule has 0 aromatic rings. The molecule has 0 amide bonds. The van der Waals surface area contributed by atoms with E-state index in [0.29, 0.717) is 12.0 Å². The fourth-order valence-corrected chi connectivity index (χ4v) is 2.13. The summed E-state index contributed by atoms with van der Waals surface area (Å²) in [6.45, 7) is 0. The Morgan fingerprint density at radius 1 is 1.47 bits per heavy atom. The van der Waals surface area contributed by atoms with Crippen molar-refractivity contribution in [3.05, 3.63) is 23.0 Å². The molecule has 0 unspecified atom stereocenters. The van der Waals surface area contributed by atoms with E-state index >= 15 is 0 Å². The molecule has 1 fully saturated rings. The molecule has 0 spiro atoms. The Bertz CT molecular complexity index is 369. The van der Waals surface area contributed by atoms with Crippen LogP contribution in [0.15, 0.2) is 23.0 Å². The van der Waals surface area contributed by atoms with E-state index in [2.05, 4.69) is 5.43 Å². The standard InChI is InChI=1S/C11H14N2O2/c1-13-6-8-4-2-3-5-9(8)11(12-13)10(15)7-14/h6-7,12H,2-5H2,1H3. The fraction of sp³-hybridized carbons (Fsp3) is 0.455. The summed E-state index contributed by atoms with van der Waals surface area (Å²) in [5, 5.41) is 1.74. The second-order valence-corrected chi connectivity index (χ2v) is 3.92. The van der Waals surface area contributed by atoms with Crippen molar-refractivity contribution in [2.24, 2.45) is 0 Å². The maximum absolute atomic E-state index is 11.4. The molecule has 1 aliphatic carbocycles. The average Bonchev–Trinajstić information content (AvgIpc) is 2.26. The van der Waals surface area contributed by atoms with Crippen molar-refractivity contribution in [3.8, 4) is 0 Å². The second kappa shape index (κ2) is 3.88. The SMILES string of the molecule is CN1C=C2CCCCC2=C(C(=O)C=O)N1. The first kappa shape index (κ1) is 9.96. The molecule has 0 radical (unpaired) electrons. The van der Waals surface area contributed by atoms with Crippen LogP contribution in [0.25, 0.3) is 0 Å². The fourth-order valence-electron chi connectivity index (χ4n) is 2.13. The smallest absolute Gasteiger partial charge is 0.243 e. The molecule has 15 heavy (non-hydrogen) atoms. The van der Waals surface area contributed by atoms with Crippen molar-refractivity contribution in [3.63, 3.8) is 0 Å². The molecule has 2 aliphatic rings. The van der Waals surface area contributed by atoms with Crippen molar-refractivity contribution >= 4 is 12.1 Å². The van der Waals surface area contributed by atoms with E-state index in [1.807, 2.05) is 13.2 Å². The number of nitrogens with zero attached hydrogens (tertiary/aromatic N) is 1. The maximum atomic E-state index is 11.4. The Morgan fingerprint density at radius 2 is 2.20 bits per heavy atom. The predicted molar refractivity (Wildman–Crippen MR) is 55.5 cm³/mol. The summed E-state index contributed by atoms with van der Waals surface area (Å²) in [5.41, 5.74) is 5.60. The van der Waals surface area contributed by atoms with Gasteiger partial charge >= 0.3 is 0 Å². The Kier molecular flexibility index (Phi) is 2.58. The van der Waals surface area contributed by atoms with Crippen molar-refractivity contribution in [2.45, 2.75) is 25.7 Å². The van der Waals surface area contributed by atoms with Crippen LogP contribution in [-0.4, -0.2) is 24.1 Å². The second-order valence-electron chi connectivity index (χ2n) is 3.92. The van der Waals surface area contributed by atoms with E-state index in [0.717, 1.165) is 31.3 Å². The van der Waals surface area contributed by atoms with Gasteiger partial charge in [-0.25, -0.2) is 0 Å². The molecule has 80 valence electrons. The van der Waals surface area contributed by atoms with Gasteiger partial charge in [0.05, 0.1) is 0 Å². The summed E-state index contributed by atoms with van der Waals surface area (Å²) in [6.07, 6.45) is 6.51. The number of aldehydes is 1. The molecule has 0 aromatic carbocycles. The van der Waals surface area contributed by atoms with Gasteiger partial charge in [-0.1, -0.05) is 0 Å². The monoisotopic (exact) mass is 206 g/mol. The van der Waals surface area contributed by atoms with Gasteiger partial charge in [0.1, 0.15) is 5.70 Å². The Hall–Kier alpha value is -1.58. The van der Waals surface area contributed by atoms with E-state index in [1.165, 1.54) is 5.57 Å². The molecule has 0 saturated heterocycles. The van der Waals surface area contributed by atoms with Crippen molar-refractivity contribution < 1.29 is 9.59 Å². The van der Waals surface area contributed by atoms with Crippen LogP contribution in [-0.2, 0) is 9.59 Å². The van der Waals surface area contributed by atoms with Gasteiger partial charge in [-0.2, -0.15) is 0 Å². The summed E-state index contributed by atoms with van der Waals surface area (Å²) < 4.78 is 0. The first-order valence-electron chi connectivity index (χ1n) is 5.15. The summed E-state index contributed by atoms with van der Waals surface area (Å²) in [7, 11) is 1.83. The van der Waals surface area contributed by atoms with Crippen molar-refractivity contribution in [2.75, 3.05) is 7.05 Å². The molecular formula is C11H14N2O2. The zero-order chi connectivity index (χ0) is 10.8. The van der Waals surface area contributed by atoms with E-state index in [9.17, 15) is 9.59 Å². The highest BCUT2D eigenvalue weighted by Gasteiger charge is 2.24. The van der Waals surface area contributed by atoms with Crippen LogP contribution in [0.5, 0.6) is 0 Å². The predicted octanol–water partition coefficient (Wildman–Crippen LogP) is 0.916. The molecular weight excluding hydrogens is 192 g/mol. The van der Waals surface area contributed by atoms with E-state index < -0.39 is 5.78 Å². The van der Waals surface area contributed by atoms with Gasteiger partial charge < -0.3 is 0 Å². The Balaban J connectivity index is 2.39. The van der Waals surface area contributed by atoms with Crippen LogP contribution in [0, 0.1) is 0 Å². The number of rotatable bonds is 2. The molecule has 4 nitrogen and oxygen atoms in total. The molecule has 1 heterocycles. The minimum absolute atomic E-state index is 0.376. The van der Waals surface area contributed by atoms with Gasteiger partial charge in [-0.05, 0) is 36.8 Å². The van der Waals surface area contributed by atoms with Crippen LogP contribution in [0.4, 0.5) is 0 Å². The zero-order valence-electron chi connectivity index (χ0n) is 8.75. The number of nitrogens with one attached hydrogen (secondary N) is 1. The first-order valence-corrected chi connectivity index (χ1v) is 5.15. The van der Waals surface area contributed by atoms with Gasteiger partial charge in [-0.15, -0.1) is 0 Å². The molecule has 1 aliphatic heterocycles. The summed E-state index contributed by atoms with van der Waals surface area (Å²) in [4.78, 5) is 21.9. The molecule has 1 saturated carbocycles. The van der Waals surface area contributed by atoms with Gasteiger partial charge in [0, 0.05) is 13.2 Å². The van der Waals surface area contributed by atoms with Crippen molar-refractivity contribution in [1.82, 2.24) is 10.4 Å². The number of hydrogen-bond acceptors (Lipinski definition) is 4. The molecule has 2 rings (SSSR count). The minimum atomic E-state index is -0.454. The van der Waals surface area contributed by atoms with Gasteiger partial charge in [-0.3, -0.25) is 20.0 Å². The lowest BCUT2D eigenvalue weighted by atomic mass is 9.87. The highest BCUT2D eigenvalue weighted by molar-refractivity contribution is 6.33. The Morgan fingerprint density at radius 3 is 2.93 bits per heavy atom. The largest absolute Gasteiger partial charge is 0.298 e. The summed E-state index contributed by atoms with van der Waals surface area (Å²) in [5.74, 6) is -0.454. The summed E-state index contributed by atoms with van der Waals surface area (Å²) in [6, 6.07) is 0. The van der Waals surface area contributed by atoms with Crippen molar-refractivity contribution in [1.29, 1.82) is 0 Å². The zero-order valence-corrected chi connectivity index (χ0v) is 8.75. The topological polar surface area (TPSA) is 49.4 Å². The quantitative estimate of drug-likeness (QED) is 0.539. The number of fused-ring (bicyclic) bond motifs is 1. The first-order chi connectivity index (χ1) is 7.22. The van der Waals surface area contributed by atoms with Crippen LogP contribution in [0.3, 0.4) is 0 Å². The lowest BCUT2D eigenvalue weighted by molar-refractivity contribution is -0.128. The van der Waals surface area contributed by atoms with Gasteiger partial charge in [0.15, 0.2) is 6.29 Å². The van der Waals surface area contributed by atoms with E-state index in [4.69, 9.17) is 0 Å². The lowest BCUT2D eigenvalue weighted by Gasteiger charge is -2.31. The summed E-state index contributed by atoms with van der Waals surface area (Å²) >= 11 is 0.